The highest BCUT2D eigenvalue weighted by Gasteiger charge is 2.20. The number of rotatable bonds is 9. The summed E-state index contributed by atoms with van der Waals surface area (Å²) in [5.41, 5.74) is 2.65. The summed E-state index contributed by atoms with van der Waals surface area (Å²) in [7, 11) is 0. The van der Waals surface area contributed by atoms with Crippen LogP contribution in [0.5, 0.6) is 5.75 Å². The first-order valence-electron chi connectivity index (χ1n) is 12.2. The number of urea groups is 1. The summed E-state index contributed by atoms with van der Waals surface area (Å²) in [6.45, 7) is 0.351. The van der Waals surface area contributed by atoms with Crippen LogP contribution in [0.4, 0.5) is 19.3 Å². The maximum Gasteiger partial charge on any atom is 0.326 e. The fourth-order valence-electron chi connectivity index (χ4n) is 4.06. The molecule has 0 saturated carbocycles. The molecule has 0 heterocycles. The number of halogens is 5. The van der Waals surface area contributed by atoms with Gasteiger partial charge in [-0.15, -0.1) is 0 Å². The molecule has 0 aromatic heterocycles. The molecule has 0 aliphatic heterocycles. The van der Waals surface area contributed by atoms with E-state index in [0.717, 1.165) is 48.6 Å². The van der Waals surface area contributed by atoms with E-state index in [1.165, 1.54) is 17.7 Å². The Kier molecular flexibility index (Phi) is 9.98. The highest BCUT2D eigenvalue weighted by molar-refractivity contribution is 6.37. The van der Waals surface area contributed by atoms with E-state index < -0.39 is 29.1 Å². The summed E-state index contributed by atoms with van der Waals surface area (Å²) in [4.78, 5) is 24.3. The Hall–Kier alpha value is -3.65. The van der Waals surface area contributed by atoms with Gasteiger partial charge in [0.15, 0.2) is 5.75 Å². The third-order valence-corrected chi connectivity index (χ3v) is 6.71. The van der Waals surface area contributed by atoms with Gasteiger partial charge in [-0.25, -0.2) is 13.6 Å². The number of amides is 3. The fraction of sp³-hybridized carbons (Fsp3) is 0.133. The number of carbonyl (C=O) groups is 2. The Balaban J connectivity index is 1.30. The number of hydrogen-bond acceptors (Lipinski definition) is 3. The maximum absolute atomic E-state index is 13.8. The minimum Gasteiger partial charge on any atom is -0.490 e. The van der Waals surface area contributed by atoms with Gasteiger partial charge in [0, 0.05) is 10.7 Å². The number of ether oxygens (including phenoxy) is 1. The lowest BCUT2D eigenvalue weighted by atomic mass is 9.96. The number of nitrogens with one attached hydrogen (secondary N) is 2. The van der Waals surface area contributed by atoms with E-state index in [1.807, 2.05) is 53.8 Å². The van der Waals surface area contributed by atoms with Crippen LogP contribution in [-0.2, 0) is 6.42 Å². The van der Waals surface area contributed by atoms with Crippen molar-refractivity contribution in [3.63, 3.8) is 0 Å². The number of anilines is 1. The minimum absolute atomic E-state index is 0.137. The lowest BCUT2D eigenvalue weighted by molar-refractivity contribution is 0.0959. The Morgan fingerprint density at radius 2 is 1.48 bits per heavy atom. The van der Waals surface area contributed by atoms with Crippen molar-refractivity contribution in [1.82, 2.24) is 5.32 Å². The monoisotopic (exact) mass is 602 g/mol. The van der Waals surface area contributed by atoms with Crippen molar-refractivity contribution in [2.45, 2.75) is 19.3 Å². The lowest BCUT2D eigenvalue weighted by Gasteiger charge is -2.14. The number of hydrogen-bond donors (Lipinski definition) is 2. The maximum atomic E-state index is 13.8. The second kappa shape index (κ2) is 13.6. The van der Waals surface area contributed by atoms with E-state index in [-0.39, 0.29) is 21.5 Å². The van der Waals surface area contributed by atoms with E-state index >= 15 is 0 Å². The zero-order chi connectivity index (χ0) is 28.6. The van der Waals surface area contributed by atoms with E-state index in [9.17, 15) is 18.4 Å². The van der Waals surface area contributed by atoms with Gasteiger partial charge in [-0.2, -0.15) is 0 Å². The molecule has 3 amide bonds. The first-order valence-corrected chi connectivity index (χ1v) is 13.4. The molecule has 206 valence electrons. The van der Waals surface area contributed by atoms with Crippen LogP contribution >= 0.6 is 34.8 Å². The van der Waals surface area contributed by atoms with Gasteiger partial charge in [0.1, 0.15) is 17.2 Å². The predicted molar refractivity (Wildman–Crippen MR) is 155 cm³/mol. The number of aryl methyl sites for hydroxylation is 1. The van der Waals surface area contributed by atoms with Gasteiger partial charge >= 0.3 is 6.03 Å². The summed E-state index contributed by atoms with van der Waals surface area (Å²) in [6, 6.07) is 20.6. The van der Waals surface area contributed by atoms with Crippen LogP contribution < -0.4 is 15.4 Å². The van der Waals surface area contributed by atoms with E-state index in [1.54, 1.807) is 0 Å². The minimum atomic E-state index is -1.24. The summed E-state index contributed by atoms with van der Waals surface area (Å²) < 4.78 is 33.4. The third kappa shape index (κ3) is 7.50. The predicted octanol–water partition coefficient (Wildman–Crippen LogP) is 8.96. The molecule has 0 aliphatic carbocycles. The van der Waals surface area contributed by atoms with Crippen LogP contribution in [-0.4, -0.2) is 18.5 Å². The van der Waals surface area contributed by atoms with Crippen molar-refractivity contribution < 1.29 is 23.1 Å². The fourth-order valence-corrected chi connectivity index (χ4v) is 4.83. The Morgan fingerprint density at radius 1 is 0.800 bits per heavy atom. The topological polar surface area (TPSA) is 67.4 Å². The van der Waals surface area contributed by atoms with Crippen molar-refractivity contribution in [3.8, 4) is 16.9 Å². The normalized spacial score (nSPS) is 10.7. The van der Waals surface area contributed by atoms with E-state index in [0.29, 0.717) is 11.6 Å². The Labute approximate surface area is 245 Å². The molecule has 0 saturated heterocycles. The molecule has 0 radical (unpaired) electrons. The number of carbonyl (C=O) groups excluding carboxylic acids is 2. The first kappa shape index (κ1) is 29.3. The van der Waals surface area contributed by atoms with Crippen LogP contribution in [0.15, 0.2) is 78.9 Å². The van der Waals surface area contributed by atoms with Gasteiger partial charge < -0.3 is 10.1 Å². The first-order chi connectivity index (χ1) is 19.2. The van der Waals surface area contributed by atoms with Gasteiger partial charge in [-0.3, -0.25) is 10.1 Å². The summed E-state index contributed by atoms with van der Waals surface area (Å²) in [6.07, 6.45) is 2.38. The summed E-state index contributed by atoms with van der Waals surface area (Å²) in [5.74, 6) is -3.18. The van der Waals surface area contributed by atoms with Crippen LogP contribution in [0.2, 0.25) is 15.1 Å². The zero-order valence-corrected chi connectivity index (χ0v) is 23.2. The van der Waals surface area contributed by atoms with Crippen LogP contribution in [0.3, 0.4) is 0 Å². The van der Waals surface area contributed by atoms with Crippen LogP contribution in [0.25, 0.3) is 11.1 Å². The van der Waals surface area contributed by atoms with Crippen molar-refractivity contribution in [3.05, 3.63) is 117 Å². The molecule has 0 unspecified atom stereocenters. The molecule has 4 aromatic rings. The highest BCUT2D eigenvalue weighted by atomic mass is 35.5. The van der Waals surface area contributed by atoms with Gasteiger partial charge in [-0.1, -0.05) is 77.3 Å². The van der Waals surface area contributed by atoms with Gasteiger partial charge in [-0.05, 0) is 72.4 Å². The average Bonchev–Trinajstić information content (AvgIpc) is 2.90. The number of benzene rings is 4. The third-order valence-electron chi connectivity index (χ3n) is 5.92. The molecule has 0 spiro atoms. The second-order valence-electron chi connectivity index (χ2n) is 8.75. The molecule has 2 N–H and O–H groups in total. The summed E-state index contributed by atoms with van der Waals surface area (Å²) >= 11 is 18.9. The van der Waals surface area contributed by atoms with E-state index in [4.69, 9.17) is 39.5 Å². The SMILES string of the molecule is O=C(NC(=O)c1c(F)cccc1F)Nc1cc(Cl)c(OCCCCc2ccc(Cl)cc2-c2ccccc2)c(Cl)c1. The molecular formula is C30H23Cl3F2N2O3. The molecule has 4 rings (SSSR count). The molecular weight excluding hydrogens is 581 g/mol. The van der Waals surface area contributed by atoms with Crippen LogP contribution in [0, 0.1) is 11.6 Å². The van der Waals surface area contributed by atoms with Crippen LogP contribution in [0.1, 0.15) is 28.8 Å². The Morgan fingerprint density at radius 3 is 2.15 bits per heavy atom. The molecule has 40 heavy (non-hydrogen) atoms. The molecule has 0 bridgehead atoms. The standard InChI is InChI=1S/C30H23Cl3F2N2O3/c31-20-13-12-19(22(15-20)18-7-2-1-3-8-18)9-4-5-14-40-28-23(32)16-21(17-24(28)33)36-30(39)37-29(38)27-25(34)10-6-11-26(27)35/h1-3,6-8,10-13,15-17H,4-5,9,14H2,(H2,36,37,38,39). The van der Waals surface area contributed by atoms with Crippen molar-refractivity contribution in [2.24, 2.45) is 0 Å². The molecule has 5 nitrogen and oxygen atoms in total. The molecule has 10 heteroatoms. The Bertz CT molecular complexity index is 1490. The second-order valence-corrected chi connectivity index (χ2v) is 10.00. The molecule has 0 aliphatic rings. The quantitative estimate of drug-likeness (QED) is 0.188. The van der Waals surface area contributed by atoms with Gasteiger partial charge in [0.05, 0.1) is 16.7 Å². The van der Waals surface area contributed by atoms with Crippen molar-refractivity contribution >= 4 is 52.4 Å². The molecule has 4 aromatic carbocycles. The zero-order valence-electron chi connectivity index (χ0n) is 20.9. The van der Waals surface area contributed by atoms with E-state index in [2.05, 4.69) is 5.32 Å². The van der Waals surface area contributed by atoms with Gasteiger partial charge in [0.25, 0.3) is 5.91 Å². The average molecular weight is 604 g/mol. The molecule has 0 fully saturated rings. The van der Waals surface area contributed by atoms with Crippen molar-refractivity contribution in [1.29, 1.82) is 0 Å². The number of unbranched alkanes of at least 4 members (excludes halogenated alkanes) is 1. The largest absolute Gasteiger partial charge is 0.490 e. The molecule has 0 atom stereocenters. The number of imide groups is 1. The van der Waals surface area contributed by atoms with Crippen molar-refractivity contribution in [2.75, 3.05) is 11.9 Å². The smallest absolute Gasteiger partial charge is 0.326 e. The summed E-state index contributed by atoms with van der Waals surface area (Å²) in [5, 5.41) is 5.18. The lowest BCUT2D eigenvalue weighted by Crippen LogP contribution is -2.35. The van der Waals surface area contributed by atoms with Gasteiger partial charge in [0.2, 0.25) is 0 Å². The highest BCUT2D eigenvalue weighted by Crippen LogP contribution is 2.36.